The highest BCUT2D eigenvalue weighted by molar-refractivity contribution is 9.08. The monoisotopic (exact) mass is 332 g/mol. The van der Waals surface area contributed by atoms with Crippen LogP contribution in [0.2, 0.25) is 18.1 Å². The van der Waals surface area contributed by atoms with Crippen molar-refractivity contribution in [3.05, 3.63) is 28.3 Å². The van der Waals surface area contributed by atoms with E-state index in [0.29, 0.717) is 22.5 Å². The van der Waals surface area contributed by atoms with Crippen LogP contribution in [0.5, 0.6) is 0 Å². The second-order valence-electron chi connectivity index (χ2n) is 3.94. The van der Waals surface area contributed by atoms with Crippen LogP contribution in [0.4, 0.5) is 0 Å². The topological polar surface area (TPSA) is 29.1 Å². The average Bonchev–Trinajstić information content (AvgIpc) is 2.28. The van der Waals surface area contributed by atoms with Crippen molar-refractivity contribution >= 4 is 47.4 Å². The Morgan fingerprint density at radius 2 is 2.12 bits per heavy atom. The van der Waals surface area contributed by atoms with Gasteiger partial charge in [0.15, 0.2) is 0 Å². The highest BCUT2D eigenvalue weighted by Gasteiger charge is 2.19. The fraction of sp³-hybridized carbons (Fsp3) is 0.417. The maximum Gasteiger partial charge on any atom is 0.253 e. The Labute approximate surface area is 117 Å². The predicted molar refractivity (Wildman–Crippen MR) is 79.2 cm³/mol. The van der Waals surface area contributed by atoms with Crippen LogP contribution in [-0.4, -0.2) is 21.2 Å². The molecule has 1 N–H and O–H groups in total. The lowest BCUT2D eigenvalue weighted by Gasteiger charge is -2.16. The summed E-state index contributed by atoms with van der Waals surface area (Å²) >= 11 is 9.60. The molecule has 0 bridgehead atoms. The lowest BCUT2D eigenvalue weighted by Crippen LogP contribution is -2.32. The van der Waals surface area contributed by atoms with Crippen molar-refractivity contribution in [1.29, 1.82) is 0 Å². The maximum absolute atomic E-state index is 12.0. The molecule has 17 heavy (non-hydrogen) atoms. The molecule has 0 atom stereocenters. The Bertz CT molecular complexity index is 423. The van der Waals surface area contributed by atoms with E-state index >= 15 is 0 Å². The highest BCUT2D eigenvalue weighted by Crippen LogP contribution is 2.21. The van der Waals surface area contributed by atoms with E-state index in [-0.39, 0.29) is 5.91 Å². The van der Waals surface area contributed by atoms with Crippen LogP contribution < -0.4 is 10.5 Å². The summed E-state index contributed by atoms with van der Waals surface area (Å²) in [5.74, 6) is -0.0861. The van der Waals surface area contributed by atoms with E-state index in [0.717, 1.165) is 5.56 Å². The number of benzene rings is 1. The highest BCUT2D eigenvalue weighted by atomic mass is 79.9. The molecule has 0 aliphatic heterocycles. The van der Waals surface area contributed by atoms with Crippen molar-refractivity contribution in [2.75, 3.05) is 6.54 Å². The number of alkyl halides is 1. The molecular weight excluding hydrogens is 318 g/mol. The van der Waals surface area contributed by atoms with Crippen LogP contribution in [0.3, 0.4) is 0 Å². The Morgan fingerprint density at radius 1 is 1.47 bits per heavy atom. The summed E-state index contributed by atoms with van der Waals surface area (Å²) in [4.78, 5) is 12.0. The van der Waals surface area contributed by atoms with Crippen LogP contribution in [0.1, 0.15) is 22.8 Å². The number of hydrogen-bond acceptors (Lipinski definition) is 1. The van der Waals surface area contributed by atoms with E-state index in [1.165, 1.54) is 5.19 Å². The van der Waals surface area contributed by atoms with Crippen molar-refractivity contribution in [2.24, 2.45) is 0 Å². The molecule has 0 aliphatic rings. The lowest BCUT2D eigenvalue weighted by atomic mass is 10.1. The summed E-state index contributed by atoms with van der Waals surface area (Å²) in [7, 11) is -0.609. The van der Waals surface area contributed by atoms with E-state index in [1.807, 2.05) is 19.1 Å². The van der Waals surface area contributed by atoms with Crippen LogP contribution in [-0.2, 0) is 5.33 Å². The molecule has 2 nitrogen and oxygen atoms in total. The zero-order valence-corrected chi connectivity index (χ0v) is 13.6. The quantitative estimate of drug-likeness (QED) is 0.666. The average molecular weight is 334 g/mol. The molecule has 0 spiro atoms. The van der Waals surface area contributed by atoms with Gasteiger partial charge < -0.3 is 5.32 Å². The van der Waals surface area contributed by atoms with Gasteiger partial charge in [0.25, 0.3) is 5.91 Å². The van der Waals surface area contributed by atoms with Crippen molar-refractivity contribution in [3.8, 4) is 0 Å². The lowest BCUT2D eigenvalue weighted by molar-refractivity contribution is 0.0955. The minimum Gasteiger partial charge on any atom is -0.352 e. The molecule has 1 aromatic rings. The predicted octanol–water partition coefficient (Wildman–Crippen LogP) is 2.95. The van der Waals surface area contributed by atoms with Crippen molar-refractivity contribution in [1.82, 2.24) is 5.32 Å². The van der Waals surface area contributed by atoms with Gasteiger partial charge in [0.2, 0.25) is 0 Å². The standard InChI is InChI=1S/C12H16BrClNOSi/c1-4-15-12(16)11-8(7-13)10(17(2)3)6-5-9(11)14/h5-6H,4,7H2,1-3H3,(H,15,16). The number of carbonyl (C=O) groups is 1. The number of hydrogen-bond donors (Lipinski definition) is 1. The van der Waals surface area contributed by atoms with Crippen LogP contribution >= 0.6 is 27.5 Å². The van der Waals surface area contributed by atoms with Crippen LogP contribution in [0, 0.1) is 0 Å². The summed E-state index contributed by atoms with van der Waals surface area (Å²) in [5, 5.41) is 5.26. The van der Waals surface area contributed by atoms with Gasteiger partial charge in [-0.25, -0.2) is 0 Å². The molecule has 0 aliphatic carbocycles. The van der Waals surface area contributed by atoms with Gasteiger partial charge in [-0.2, -0.15) is 0 Å². The third-order valence-corrected chi connectivity index (χ3v) is 4.92. The maximum atomic E-state index is 12.0. The van der Waals surface area contributed by atoms with Crippen molar-refractivity contribution in [2.45, 2.75) is 25.3 Å². The molecule has 5 heteroatoms. The molecule has 0 aromatic heterocycles. The molecule has 0 saturated heterocycles. The molecule has 0 unspecified atom stereocenters. The Balaban J connectivity index is 3.35. The molecule has 1 amide bonds. The van der Waals surface area contributed by atoms with Gasteiger partial charge >= 0.3 is 0 Å². The van der Waals surface area contributed by atoms with Crippen molar-refractivity contribution in [3.63, 3.8) is 0 Å². The van der Waals surface area contributed by atoms with Gasteiger partial charge in [-0.3, -0.25) is 4.79 Å². The number of amides is 1. The van der Waals surface area contributed by atoms with Gasteiger partial charge in [0.1, 0.15) is 0 Å². The Hall–Kier alpha value is -0.323. The third-order valence-electron chi connectivity index (χ3n) is 2.50. The fourth-order valence-corrected chi connectivity index (χ4v) is 4.06. The largest absolute Gasteiger partial charge is 0.352 e. The minimum atomic E-state index is -0.609. The fourth-order valence-electron chi connectivity index (χ4n) is 1.72. The number of rotatable bonds is 4. The second-order valence-corrected chi connectivity index (χ2v) is 7.45. The molecule has 0 fully saturated rings. The first-order chi connectivity index (χ1) is 8.02. The summed E-state index contributed by atoms with van der Waals surface area (Å²) in [5.41, 5.74) is 1.65. The third kappa shape index (κ3) is 3.33. The first-order valence-electron chi connectivity index (χ1n) is 5.49. The summed E-state index contributed by atoms with van der Waals surface area (Å²) < 4.78 is 0. The molecule has 1 radical (unpaired) electrons. The first-order valence-corrected chi connectivity index (χ1v) is 9.48. The van der Waals surface area contributed by atoms with Gasteiger partial charge in [0, 0.05) is 11.9 Å². The smallest absolute Gasteiger partial charge is 0.253 e. The zero-order chi connectivity index (χ0) is 13.0. The second kappa shape index (κ2) is 6.57. The number of nitrogens with one attached hydrogen (secondary N) is 1. The normalized spacial score (nSPS) is 10.7. The number of carbonyl (C=O) groups excluding carboxylic acids is 1. The zero-order valence-electron chi connectivity index (χ0n) is 10.2. The van der Waals surface area contributed by atoms with E-state index < -0.39 is 8.80 Å². The molecule has 0 heterocycles. The van der Waals surface area contributed by atoms with Gasteiger partial charge in [0.05, 0.1) is 19.4 Å². The van der Waals surface area contributed by atoms with Gasteiger partial charge in [-0.05, 0) is 18.6 Å². The van der Waals surface area contributed by atoms with Crippen molar-refractivity contribution < 1.29 is 4.79 Å². The minimum absolute atomic E-state index is 0.0861. The molecule has 1 aromatic carbocycles. The summed E-state index contributed by atoms with van der Waals surface area (Å²) in [6, 6.07) is 3.86. The molecule has 93 valence electrons. The van der Waals surface area contributed by atoms with Gasteiger partial charge in [-0.1, -0.05) is 51.9 Å². The molecule has 0 saturated carbocycles. The van der Waals surface area contributed by atoms with E-state index in [4.69, 9.17) is 11.6 Å². The first kappa shape index (κ1) is 14.7. The molecule has 1 rings (SSSR count). The number of halogens is 2. The van der Waals surface area contributed by atoms with Gasteiger partial charge in [-0.15, -0.1) is 0 Å². The Kier molecular flexibility index (Phi) is 5.69. The summed E-state index contributed by atoms with van der Waals surface area (Å²) in [6.07, 6.45) is 0. The summed E-state index contributed by atoms with van der Waals surface area (Å²) in [6.45, 7) is 6.93. The Morgan fingerprint density at radius 3 is 2.59 bits per heavy atom. The SMILES string of the molecule is CCNC(=O)c1c(Cl)ccc([Si](C)C)c1CBr. The van der Waals surface area contributed by atoms with Crippen LogP contribution in [0.25, 0.3) is 0 Å². The van der Waals surface area contributed by atoms with E-state index in [9.17, 15) is 4.79 Å². The van der Waals surface area contributed by atoms with E-state index in [2.05, 4.69) is 34.3 Å². The molecular formula is C12H16BrClNOSi. The van der Waals surface area contributed by atoms with Crippen LogP contribution in [0.15, 0.2) is 12.1 Å². The van der Waals surface area contributed by atoms with E-state index in [1.54, 1.807) is 0 Å².